The van der Waals surface area contributed by atoms with E-state index < -0.39 is 5.97 Å². The molecule has 1 N–H and O–H groups in total. The number of nitrogens with zero attached hydrogens (tertiary/aromatic N) is 2. The third-order valence-electron chi connectivity index (χ3n) is 3.22. The van der Waals surface area contributed by atoms with Crippen molar-refractivity contribution < 1.29 is 14.6 Å². The minimum absolute atomic E-state index is 0.117. The Bertz CT molecular complexity index is 814. The number of rotatable bonds is 5. The van der Waals surface area contributed by atoms with E-state index in [0.29, 0.717) is 16.5 Å². The molecule has 0 saturated carbocycles. The number of carbonyl (C=O) groups is 1. The lowest BCUT2D eigenvalue weighted by Crippen LogP contribution is -2.03. The smallest absolute Gasteiger partial charge is 0.347 e. The SMILES string of the molecule is Cc1ccc(OCc2nc(-c3ccncc3)sc2C(=O)O)cc1. The maximum Gasteiger partial charge on any atom is 0.347 e. The van der Waals surface area contributed by atoms with Crippen molar-refractivity contribution in [1.82, 2.24) is 9.97 Å². The van der Waals surface area contributed by atoms with E-state index in [1.54, 1.807) is 24.5 Å². The van der Waals surface area contributed by atoms with Gasteiger partial charge in [-0.2, -0.15) is 0 Å². The minimum Gasteiger partial charge on any atom is -0.487 e. The Hall–Kier alpha value is -2.73. The van der Waals surface area contributed by atoms with Crippen molar-refractivity contribution in [1.29, 1.82) is 0 Å². The molecule has 2 aromatic heterocycles. The van der Waals surface area contributed by atoms with Gasteiger partial charge in [-0.3, -0.25) is 4.98 Å². The van der Waals surface area contributed by atoms with Crippen molar-refractivity contribution in [2.24, 2.45) is 0 Å². The lowest BCUT2D eigenvalue weighted by atomic mass is 10.2. The van der Waals surface area contributed by atoms with Crippen LogP contribution in [-0.4, -0.2) is 21.0 Å². The molecule has 1 aromatic carbocycles. The van der Waals surface area contributed by atoms with Crippen LogP contribution in [0.25, 0.3) is 10.6 Å². The lowest BCUT2D eigenvalue weighted by molar-refractivity contribution is 0.0699. The second kappa shape index (κ2) is 6.58. The van der Waals surface area contributed by atoms with Crippen LogP contribution in [0.4, 0.5) is 0 Å². The highest BCUT2D eigenvalue weighted by atomic mass is 32.1. The van der Waals surface area contributed by atoms with Crippen LogP contribution in [0.3, 0.4) is 0 Å². The van der Waals surface area contributed by atoms with E-state index in [1.807, 2.05) is 31.2 Å². The number of benzene rings is 1. The van der Waals surface area contributed by atoms with Gasteiger partial charge in [0.05, 0.1) is 0 Å². The van der Waals surface area contributed by atoms with E-state index in [2.05, 4.69) is 9.97 Å². The van der Waals surface area contributed by atoms with Crippen molar-refractivity contribution >= 4 is 17.3 Å². The fourth-order valence-electron chi connectivity index (χ4n) is 2.02. The fraction of sp³-hybridized carbons (Fsp3) is 0.118. The van der Waals surface area contributed by atoms with Gasteiger partial charge in [-0.25, -0.2) is 9.78 Å². The van der Waals surface area contributed by atoms with Crippen LogP contribution in [-0.2, 0) is 6.61 Å². The topological polar surface area (TPSA) is 72.3 Å². The summed E-state index contributed by atoms with van der Waals surface area (Å²) in [5, 5.41) is 10.0. The summed E-state index contributed by atoms with van der Waals surface area (Å²) in [6, 6.07) is 11.2. The molecule has 0 amide bonds. The monoisotopic (exact) mass is 326 g/mol. The predicted octanol–water partition coefficient (Wildman–Crippen LogP) is 3.79. The van der Waals surface area contributed by atoms with Crippen LogP contribution in [0.2, 0.25) is 0 Å². The Labute approximate surface area is 137 Å². The first-order valence-corrected chi connectivity index (χ1v) is 7.78. The first-order chi connectivity index (χ1) is 11.1. The summed E-state index contributed by atoms with van der Waals surface area (Å²) in [6.07, 6.45) is 3.30. The maximum atomic E-state index is 11.4. The number of pyridine rings is 1. The number of thiazole rings is 1. The summed E-state index contributed by atoms with van der Waals surface area (Å²) in [5.74, 6) is -0.310. The van der Waals surface area contributed by atoms with Crippen molar-refractivity contribution in [3.8, 4) is 16.3 Å². The third-order valence-corrected chi connectivity index (χ3v) is 4.35. The molecular weight excluding hydrogens is 312 g/mol. The highest BCUT2D eigenvalue weighted by Crippen LogP contribution is 2.28. The molecule has 5 nitrogen and oxygen atoms in total. The van der Waals surface area contributed by atoms with Crippen molar-refractivity contribution in [2.75, 3.05) is 0 Å². The number of carboxylic acids is 1. The Kier molecular flexibility index (Phi) is 4.34. The second-order valence-corrected chi connectivity index (χ2v) is 5.94. The van der Waals surface area contributed by atoms with E-state index >= 15 is 0 Å². The first kappa shape index (κ1) is 15.2. The molecule has 2 heterocycles. The summed E-state index contributed by atoms with van der Waals surface area (Å²) >= 11 is 1.14. The average Bonchev–Trinajstić information content (AvgIpc) is 3.00. The Morgan fingerprint density at radius 1 is 1.17 bits per heavy atom. The largest absolute Gasteiger partial charge is 0.487 e. The average molecular weight is 326 g/mol. The molecule has 0 atom stereocenters. The highest BCUT2D eigenvalue weighted by molar-refractivity contribution is 7.17. The summed E-state index contributed by atoms with van der Waals surface area (Å²) in [6.45, 7) is 2.11. The van der Waals surface area contributed by atoms with Gasteiger partial charge in [0.2, 0.25) is 0 Å². The van der Waals surface area contributed by atoms with Crippen molar-refractivity contribution in [3.63, 3.8) is 0 Å². The Morgan fingerprint density at radius 3 is 2.52 bits per heavy atom. The Morgan fingerprint density at radius 2 is 1.87 bits per heavy atom. The van der Waals surface area contributed by atoms with Crippen LogP contribution < -0.4 is 4.74 Å². The summed E-state index contributed by atoms with van der Waals surface area (Å²) < 4.78 is 5.66. The maximum absolute atomic E-state index is 11.4. The van der Waals surface area contributed by atoms with E-state index in [4.69, 9.17) is 4.74 Å². The molecule has 0 unspecified atom stereocenters. The first-order valence-electron chi connectivity index (χ1n) is 6.96. The minimum atomic E-state index is -0.995. The molecule has 0 spiro atoms. The fourth-order valence-corrected chi connectivity index (χ4v) is 2.93. The molecule has 3 aromatic rings. The van der Waals surface area contributed by atoms with Crippen molar-refractivity contribution in [3.05, 3.63) is 64.9 Å². The lowest BCUT2D eigenvalue weighted by Gasteiger charge is -2.05. The zero-order valence-electron chi connectivity index (χ0n) is 12.4. The van der Waals surface area contributed by atoms with Crippen LogP contribution >= 0.6 is 11.3 Å². The molecule has 0 bridgehead atoms. The number of carboxylic acid groups (broad SMARTS) is 1. The molecule has 0 aliphatic carbocycles. The second-order valence-electron chi connectivity index (χ2n) is 4.94. The number of aromatic carboxylic acids is 1. The van der Waals surface area contributed by atoms with Crippen LogP contribution in [0.15, 0.2) is 48.8 Å². The van der Waals surface area contributed by atoms with Crippen LogP contribution in [0, 0.1) is 6.92 Å². The number of aryl methyl sites for hydroxylation is 1. The zero-order chi connectivity index (χ0) is 16.2. The van der Waals surface area contributed by atoms with Gasteiger partial charge in [-0.05, 0) is 31.2 Å². The van der Waals surface area contributed by atoms with Gasteiger partial charge in [0.15, 0.2) is 0 Å². The Balaban J connectivity index is 1.84. The van der Waals surface area contributed by atoms with E-state index in [-0.39, 0.29) is 11.5 Å². The van der Waals surface area contributed by atoms with Gasteiger partial charge in [0, 0.05) is 18.0 Å². The number of hydrogen-bond donors (Lipinski definition) is 1. The van der Waals surface area contributed by atoms with Gasteiger partial charge in [-0.1, -0.05) is 17.7 Å². The standard InChI is InChI=1S/C17H14N2O3S/c1-11-2-4-13(5-3-11)22-10-14-15(17(20)21)23-16(19-14)12-6-8-18-9-7-12/h2-9H,10H2,1H3,(H,20,21). The summed E-state index contributed by atoms with van der Waals surface area (Å²) in [5.41, 5.74) is 2.40. The molecule has 0 radical (unpaired) electrons. The number of hydrogen-bond acceptors (Lipinski definition) is 5. The third kappa shape index (κ3) is 3.54. The van der Waals surface area contributed by atoms with Gasteiger partial charge in [0.1, 0.15) is 27.9 Å². The molecule has 3 rings (SSSR count). The molecule has 0 aliphatic heterocycles. The molecule has 116 valence electrons. The zero-order valence-corrected chi connectivity index (χ0v) is 13.2. The van der Waals surface area contributed by atoms with Crippen molar-refractivity contribution in [2.45, 2.75) is 13.5 Å². The predicted molar refractivity (Wildman–Crippen MR) is 87.8 cm³/mol. The van der Waals surface area contributed by atoms with Gasteiger partial charge < -0.3 is 9.84 Å². The van der Waals surface area contributed by atoms with Gasteiger partial charge >= 0.3 is 5.97 Å². The molecular formula is C17H14N2O3S. The number of ether oxygens (including phenoxy) is 1. The molecule has 6 heteroatoms. The molecule has 0 saturated heterocycles. The van der Waals surface area contributed by atoms with Crippen LogP contribution in [0.1, 0.15) is 20.9 Å². The highest BCUT2D eigenvalue weighted by Gasteiger charge is 2.18. The van der Waals surface area contributed by atoms with E-state index in [9.17, 15) is 9.90 Å². The summed E-state index contributed by atoms with van der Waals surface area (Å²) in [4.78, 5) is 20.0. The molecule has 0 fully saturated rings. The van der Waals surface area contributed by atoms with E-state index in [1.165, 1.54) is 0 Å². The molecule has 23 heavy (non-hydrogen) atoms. The normalized spacial score (nSPS) is 10.5. The molecule has 0 aliphatic rings. The van der Waals surface area contributed by atoms with Gasteiger partial charge in [-0.15, -0.1) is 11.3 Å². The number of aromatic nitrogens is 2. The van der Waals surface area contributed by atoms with E-state index in [0.717, 1.165) is 22.5 Å². The quantitative estimate of drug-likeness (QED) is 0.772. The van der Waals surface area contributed by atoms with Crippen LogP contribution in [0.5, 0.6) is 5.75 Å². The van der Waals surface area contributed by atoms with Gasteiger partial charge in [0.25, 0.3) is 0 Å². The summed E-state index contributed by atoms with van der Waals surface area (Å²) in [7, 11) is 0.